The zero-order valence-electron chi connectivity index (χ0n) is 14.4. The predicted octanol–water partition coefficient (Wildman–Crippen LogP) is 1.73. The summed E-state index contributed by atoms with van der Waals surface area (Å²) in [5.41, 5.74) is 0.585. The Hall–Kier alpha value is -2.97. The molecule has 7 nitrogen and oxygen atoms in total. The molecule has 1 heterocycles. The van der Waals surface area contributed by atoms with Crippen molar-refractivity contribution in [1.29, 1.82) is 0 Å². The molecule has 140 valence electrons. The Morgan fingerprint density at radius 2 is 1.74 bits per heavy atom. The van der Waals surface area contributed by atoms with Crippen LogP contribution in [-0.2, 0) is 24.3 Å². The third-order valence-corrected chi connectivity index (χ3v) is 5.80. The first-order valence-electron chi connectivity index (χ1n) is 8.17. The first-order valence-corrected chi connectivity index (χ1v) is 9.61. The quantitative estimate of drug-likeness (QED) is 0.476. The molecule has 3 rings (SSSR count). The number of hydrogen-bond donors (Lipinski definition) is 1. The van der Waals surface area contributed by atoms with E-state index in [1.165, 1.54) is 18.2 Å². The van der Waals surface area contributed by atoms with E-state index < -0.39 is 28.0 Å². The first kappa shape index (κ1) is 18.8. The number of aliphatic hydroxyl groups is 1. The Kier molecular flexibility index (Phi) is 5.11. The van der Waals surface area contributed by atoms with E-state index in [4.69, 9.17) is 0 Å². The summed E-state index contributed by atoms with van der Waals surface area (Å²) in [7, 11) is -4.09. The highest BCUT2D eigenvalue weighted by molar-refractivity contribution is 7.93. The molecule has 0 saturated carbocycles. The van der Waals surface area contributed by atoms with Crippen molar-refractivity contribution in [3.63, 3.8) is 0 Å². The van der Waals surface area contributed by atoms with E-state index in [1.54, 1.807) is 43.3 Å². The van der Waals surface area contributed by atoms with Gasteiger partial charge in [-0.1, -0.05) is 36.4 Å². The number of ketones is 1. The molecule has 0 saturated heterocycles. The van der Waals surface area contributed by atoms with Crippen LogP contribution < -0.4 is 4.31 Å². The van der Waals surface area contributed by atoms with Gasteiger partial charge in [0.15, 0.2) is 6.23 Å². The summed E-state index contributed by atoms with van der Waals surface area (Å²) in [6, 6.07) is 14.0. The fourth-order valence-electron chi connectivity index (χ4n) is 2.83. The fourth-order valence-corrected chi connectivity index (χ4v) is 4.35. The number of sulfonamides is 1. The Morgan fingerprint density at radius 3 is 2.41 bits per heavy atom. The minimum Gasteiger partial charge on any atom is -0.460 e. The van der Waals surface area contributed by atoms with Crippen LogP contribution in [0.5, 0.6) is 0 Å². The Balaban J connectivity index is 2.09. The molecule has 1 N–H and O–H groups in total. The standard InChI is InChI=1S/C19H17NO6S/c1-2-26-19(23)17(21)12-15-14-10-6-7-11-16(14)20(18(15)22)27(24,25)13-8-4-3-5-9-13/h3-12,18,22H,2H2,1H3/b15-12+. The number of anilines is 1. The maximum absolute atomic E-state index is 13.0. The van der Waals surface area contributed by atoms with E-state index in [9.17, 15) is 23.1 Å². The molecule has 1 unspecified atom stereocenters. The van der Waals surface area contributed by atoms with Crippen molar-refractivity contribution in [2.75, 3.05) is 10.9 Å². The van der Waals surface area contributed by atoms with Gasteiger partial charge in [-0.15, -0.1) is 0 Å². The number of carbonyl (C=O) groups excluding carboxylic acids is 2. The number of carbonyl (C=O) groups is 2. The molecular formula is C19H17NO6S. The van der Waals surface area contributed by atoms with Crippen molar-refractivity contribution in [1.82, 2.24) is 0 Å². The number of nitrogens with zero attached hydrogens (tertiary/aromatic N) is 1. The van der Waals surface area contributed by atoms with E-state index in [0.29, 0.717) is 5.56 Å². The zero-order valence-corrected chi connectivity index (χ0v) is 15.2. The van der Waals surface area contributed by atoms with E-state index >= 15 is 0 Å². The lowest BCUT2D eigenvalue weighted by molar-refractivity contribution is -0.151. The summed E-state index contributed by atoms with van der Waals surface area (Å²) < 4.78 is 31.6. The van der Waals surface area contributed by atoms with Crippen molar-refractivity contribution >= 4 is 33.0 Å². The fraction of sp³-hybridized carbons (Fsp3) is 0.158. The summed E-state index contributed by atoms with van der Waals surface area (Å²) in [4.78, 5) is 23.7. The third kappa shape index (κ3) is 3.36. The highest BCUT2D eigenvalue weighted by Gasteiger charge is 2.41. The number of ether oxygens (including phenoxy) is 1. The molecule has 27 heavy (non-hydrogen) atoms. The second kappa shape index (κ2) is 7.34. The summed E-state index contributed by atoms with van der Waals surface area (Å²) >= 11 is 0. The van der Waals surface area contributed by atoms with Crippen molar-refractivity contribution < 1.29 is 27.9 Å². The summed E-state index contributed by atoms with van der Waals surface area (Å²) in [6.07, 6.45) is -0.729. The van der Waals surface area contributed by atoms with Crippen LogP contribution in [-0.4, -0.2) is 38.1 Å². The topological polar surface area (TPSA) is 101 Å². The second-order valence-corrected chi connectivity index (χ2v) is 7.50. The molecule has 0 fully saturated rings. The van der Waals surface area contributed by atoms with Gasteiger partial charge in [0, 0.05) is 17.2 Å². The average Bonchev–Trinajstić information content (AvgIpc) is 2.95. The monoisotopic (exact) mass is 387 g/mol. The van der Waals surface area contributed by atoms with Gasteiger partial charge in [-0.25, -0.2) is 17.5 Å². The highest BCUT2D eigenvalue weighted by atomic mass is 32.2. The number of para-hydroxylation sites is 1. The summed E-state index contributed by atoms with van der Waals surface area (Å²) in [6.45, 7) is 1.59. The van der Waals surface area contributed by atoms with Gasteiger partial charge in [0.1, 0.15) is 0 Å². The highest BCUT2D eigenvalue weighted by Crippen LogP contribution is 2.42. The molecular weight excluding hydrogens is 370 g/mol. The minimum absolute atomic E-state index is 0.00294. The normalized spacial score (nSPS) is 17.6. The number of hydrogen-bond acceptors (Lipinski definition) is 6. The summed E-state index contributed by atoms with van der Waals surface area (Å²) in [5.74, 6) is -2.04. The molecule has 1 atom stereocenters. The van der Waals surface area contributed by atoms with Gasteiger partial charge >= 0.3 is 5.97 Å². The van der Waals surface area contributed by atoms with Crippen molar-refractivity contribution in [2.45, 2.75) is 18.0 Å². The van der Waals surface area contributed by atoms with E-state index in [0.717, 1.165) is 10.4 Å². The van der Waals surface area contributed by atoms with Crippen LogP contribution in [0.4, 0.5) is 5.69 Å². The predicted molar refractivity (Wildman–Crippen MR) is 98.2 cm³/mol. The van der Waals surface area contributed by atoms with Gasteiger partial charge in [0.2, 0.25) is 0 Å². The van der Waals surface area contributed by atoms with Gasteiger partial charge in [0.25, 0.3) is 15.8 Å². The van der Waals surface area contributed by atoms with Crippen molar-refractivity contribution in [3.8, 4) is 0 Å². The smallest absolute Gasteiger partial charge is 0.379 e. The molecule has 0 bridgehead atoms. The molecule has 2 aromatic carbocycles. The lowest BCUT2D eigenvalue weighted by atomic mass is 10.1. The van der Waals surface area contributed by atoms with E-state index in [1.807, 2.05) is 0 Å². The van der Waals surface area contributed by atoms with E-state index in [2.05, 4.69) is 4.74 Å². The van der Waals surface area contributed by atoms with Crippen LogP contribution >= 0.6 is 0 Å². The Bertz CT molecular complexity index is 1010. The van der Waals surface area contributed by atoms with Gasteiger partial charge in [-0.3, -0.25) is 4.79 Å². The Labute approximate surface area is 156 Å². The SMILES string of the molecule is CCOC(=O)C(=O)/C=C1\c2ccccc2N(S(=O)(=O)c2ccccc2)C1O. The summed E-state index contributed by atoms with van der Waals surface area (Å²) in [5, 5.41) is 10.7. The van der Waals surface area contributed by atoms with Crippen LogP contribution in [0, 0.1) is 0 Å². The van der Waals surface area contributed by atoms with Crippen LogP contribution in [0.15, 0.2) is 65.6 Å². The largest absolute Gasteiger partial charge is 0.460 e. The van der Waals surface area contributed by atoms with Gasteiger partial charge in [-0.2, -0.15) is 0 Å². The average molecular weight is 387 g/mol. The van der Waals surface area contributed by atoms with Crippen LogP contribution in [0.25, 0.3) is 5.57 Å². The maximum Gasteiger partial charge on any atom is 0.379 e. The van der Waals surface area contributed by atoms with Crippen molar-refractivity contribution in [3.05, 3.63) is 66.2 Å². The zero-order chi connectivity index (χ0) is 19.6. The van der Waals surface area contributed by atoms with Gasteiger partial charge < -0.3 is 9.84 Å². The molecule has 0 radical (unpaired) electrons. The van der Waals surface area contributed by atoms with Crippen LogP contribution in [0.2, 0.25) is 0 Å². The number of fused-ring (bicyclic) bond motifs is 1. The molecule has 2 aromatic rings. The minimum atomic E-state index is -4.09. The maximum atomic E-state index is 13.0. The molecule has 1 aliphatic heterocycles. The number of aliphatic hydroxyl groups excluding tert-OH is 1. The Morgan fingerprint density at radius 1 is 1.11 bits per heavy atom. The lowest BCUT2D eigenvalue weighted by Gasteiger charge is -2.23. The molecule has 0 spiro atoms. The van der Waals surface area contributed by atoms with Gasteiger partial charge in [0.05, 0.1) is 17.2 Å². The van der Waals surface area contributed by atoms with E-state index in [-0.39, 0.29) is 22.8 Å². The second-order valence-electron chi connectivity index (χ2n) is 5.69. The number of rotatable bonds is 5. The number of benzene rings is 2. The van der Waals surface area contributed by atoms with Crippen molar-refractivity contribution in [2.24, 2.45) is 0 Å². The molecule has 0 aromatic heterocycles. The third-order valence-electron chi connectivity index (χ3n) is 4.02. The first-order chi connectivity index (χ1) is 12.9. The van der Waals surface area contributed by atoms with Crippen LogP contribution in [0.3, 0.4) is 0 Å². The van der Waals surface area contributed by atoms with Gasteiger partial charge in [-0.05, 0) is 25.1 Å². The molecule has 0 aliphatic carbocycles. The molecule has 0 amide bonds. The molecule has 1 aliphatic rings. The molecule has 8 heteroatoms. The lowest BCUT2D eigenvalue weighted by Crippen LogP contribution is -2.37. The van der Waals surface area contributed by atoms with Crippen LogP contribution in [0.1, 0.15) is 12.5 Å². The number of esters is 1.